The largest absolute Gasteiger partial charge is 0.506 e. The standard InChI is InChI=1S/C11H14ClNO2/c12-10-3-1-2-8(11(10)15)6-13-5-4-9(14)7-13/h1-3,9,14-15H,4-7H2/t9-/m0/s1. The first-order valence-corrected chi connectivity index (χ1v) is 5.41. The highest BCUT2D eigenvalue weighted by Gasteiger charge is 2.21. The van der Waals surface area contributed by atoms with Crippen LogP contribution >= 0.6 is 11.6 Å². The Kier molecular flexibility index (Phi) is 3.14. The Balaban J connectivity index is 2.07. The summed E-state index contributed by atoms with van der Waals surface area (Å²) in [6.45, 7) is 2.18. The Labute approximate surface area is 93.9 Å². The molecule has 0 unspecified atom stereocenters. The van der Waals surface area contributed by atoms with Crippen molar-refractivity contribution < 1.29 is 10.2 Å². The Morgan fingerprint density at radius 3 is 2.93 bits per heavy atom. The molecule has 1 aromatic carbocycles. The third kappa shape index (κ3) is 2.43. The molecule has 0 spiro atoms. The van der Waals surface area contributed by atoms with Crippen LogP contribution in [0.15, 0.2) is 18.2 Å². The van der Waals surface area contributed by atoms with Gasteiger partial charge in [-0.3, -0.25) is 4.90 Å². The number of hydrogen-bond acceptors (Lipinski definition) is 3. The molecule has 0 radical (unpaired) electrons. The molecule has 0 aliphatic carbocycles. The molecule has 0 bridgehead atoms. The lowest BCUT2D eigenvalue weighted by Crippen LogP contribution is -2.21. The van der Waals surface area contributed by atoms with E-state index in [-0.39, 0.29) is 11.9 Å². The summed E-state index contributed by atoms with van der Waals surface area (Å²) in [6, 6.07) is 5.34. The SMILES string of the molecule is Oc1c(Cl)cccc1CN1CC[C@H](O)C1. The average molecular weight is 228 g/mol. The van der Waals surface area contributed by atoms with Gasteiger partial charge in [-0.15, -0.1) is 0 Å². The van der Waals surface area contributed by atoms with Gasteiger partial charge in [-0.1, -0.05) is 23.7 Å². The Morgan fingerprint density at radius 2 is 2.27 bits per heavy atom. The molecule has 1 aromatic rings. The smallest absolute Gasteiger partial charge is 0.138 e. The van der Waals surface area contributed by atoms with E-state index in [1.807, 2.05) is 12.1 Å². The van der Waals surface area contributed by atoms with Crippen LogP contribution in [0.4, 0.5) is 0 Å². The van der Waals surface area contributed by atoms with Crippen LogP contribution < -0.4 is 0 Å². The van der Waals surface area contributed by atoms with E-state index in [0.29, 0.717) is 18.1 Å². The number of para-hydroxylation sites is 1. The minimum absolute atomic E-state index is 0.153. The lowest BCUT2D eigenvalue weighted by Gasteiger charge is -2.15. The number of aliphatic hydroxyl groups excluding tert-OH is 1. The molecule has 1 fully saturated rings. The van der Waals surface area contributed by atoms with E-state index in [4.69, 9.17) is 11.6 Å². The van der Waals surface area contributed by atoms with E-state index in [1.165, 1.54) is 0 Å². The van der Waals surface area contributed by atoms with Crippen LogP contribution in [0.5, 0.6) is 5.75 Å². The second kappa shape index (κ2) is 4.39. The van der Waals surface area contributed by atoms with Gasteiger partial charge in [0.2, 0.25) is 0 Å². The number of halogens is 1. The Morgan fingerprint density at radius 1 is 1.47 bits per heavy atom. The summed E-state index contributed by atoms with van der Waals surface area (Å²) in [6.07, 6.45) is 0.577. The maximum Gasteiger partial charge on any atom is 0.138 e. The van der Waals surface area contributed by atoms with E-state index in [9.17, 15) is 10.2 Å². The molecule has 2 N–H and O–H groups in total. The van der Waals surface area contributed by atoms with Gasteiger partial charge >= 0.3 is 0 Å². The van der Waals surface area contributed by atoms with Gasteiger partial charge in [-0.25, -0.2) is 0 Å². The lowest BCUT2D eigenvalue weighted by atomic mass is 10.2. The molecule has 82 valence electrons. The predicted octanol–water partition coefficient (Wildman–Crippen LogP) is 1.61. The van der Waals surface area contributed by atoms with Crippen LogP contribution in [-0.4, -0.2) is 34.3 Å². The van der Waals surface area contributed by atoms with Crippen molar-refractivity contribution in [2.24, 2.45) is 0 Å². The first-order chi connectivity index (χ1) is 7.16. The number of benzene rings is 1. The molecule has 0 aromatic heterocycles. The quantitative estimate of drug-likeness (QED) is 0.807. The normalized spacial score (nSPS) is 22.1. The van der Waals surface area contributed by atoms with Crippen LogP contribution in [0.25, 0.3) is 0 Å². The fraction of sp³-hybridized carbons (Fsp3) is 0.455. The molecule has 1 heterocycles. The summed E-state index contributed by atoms with van der Waals surface area (Å²) in [4.78, 5) is 2.11. The summed E-state index contributed by atoms with van der Waals surface area (Å²) in [5.41, 5.74) is 0.816. The summed E-state index contributed by atoms with van der Waals surface area (Å²) in [5, 5.41) is 19.5. The molecule has 4 heteroatoms. The second-order valence-corrected chi connectivity index (χ2v) is 4.33. The summed E-state index contributed by atoms with van der Waals surface area (Å²) in [7, 11) is 0. The lowest BCUT2D eigenvalue weighted by molar-refractivity contribution is 0.174. The van der Waals surface area contributed by atoms with Gasteiger partial charge in [0.25, 0.3) is 0 Å². The van der Waals surface area contributed by atoms with Crippen LogP contribution in [0, 0.1) is 0 Å². The zero-order chi connectivity index (χ0) is 10.8. The summed E-state index contributed by atoms with van der Waals surface area (Å²) < 4.78 is 0. The second-order valence-electron chi connectivity index (χ2n) is 3.93. The summed E-state index contributed by atoms with van der Waals surface area (Å²) >= 11 is 5.81. The van der Waals surface area contributed by atoms with Crippen molar-refractivity contribution in [3.63, 3.8) is 0 Å². The van der Waals surface area contributed by atoms with Crippen LogP contribution in [0.1, 0.15) is 12.0 Å². The first kappa shape index (κ1) is 10.7. The van der Waals surface area contributed by atoms with E-state index < -0.39 is 0 Å². The third-order valence-electron chi connectivity index (χ3n) is 2.71. The maximum atomic E-state index is 9.70. The number of aromatic hydroxyl groups is 1. The number of nitrogens with zero attached hydrogens (tertiary/aromatic N) is 1. The molecular formula is C11H14ClNO2. The average Bonchev–Trinajstić information content (AvgIpc) is 2.59. The number of likely N-dealkylation sites (tertiary alicyclic amines) is 1. The number of β-amino-alcohol motifs (C(OH)–C–C–N with tert-alkyl or cyclic N) is 1. The Bertz CT molecular complexity index is 356. The fourth-order valence-electron chi connectivity index (χ4n) is 1.88. The van der Waals surface area contributed by atoms with Crippen LogP contribution in [-0.2, 0) is 6.54 Å². The molecule has 0 saturated carbocycles. The van der Waals surface area contributed by atoms with Gasteiger partial charge in [0.1, 0.15) is 5.75 Å². The van der Waals surface area contributed by atoms with Crippen molar-refractivity contribution in [3.8, 4) is 5.75 Å². The predicted molar refractivity (Wildman–Crippen MR) is 59.0 cm³/mol. The van der Waals surface area contributed by atoms with Crippen LogP contribution in [0.3, 0.4) is 0 Å². The molecule has 2 rings (SSSR count). The first-order valence-electron chi connectivity index (χ1n) is 5.03. The molecule has 1 saturated heterocycles. The highest BCUT2D eigenvalue weighted by Crippen LogP contribution is 2.28. The fourth-order valence-corrected chi connectivity index (χ4v) is 2.08. The van der Waals surface area contributed by atoms with Gasteiger partial charge in [0.15, 0.2) is 0 Å². The van der Waals surface area contributed by atoms with Crippen molar-refractivity contribution in [2.45, 2.75) is 19.1 Å². The molecule has 3 nitrogen and oxygen atoms in total. The van der Waals surface area contributed by atoms with Gasteiger partial charge in [0.05, 0.1) is 11.1 Å². The zero-order valence-electron chi connectivity index (χ0n) is 8.36. The minimum Gasteiger partial charge on any atom is -0.506 e. The number of hydrogen-bond donors (Lipinski definition) is 2. The van der Waals surface area contributed by atoms with Crippen molar-refractivity contribution in [2.75, 3.05) is 13.1 Å². The minimum atomic E-state index is -0.230. The topological polar surface area (TPSA) is 43.7 Å². The van der Waals surface area contributed by atoms with Crippen molar-refractivity contribution in [1.82, 2.24) is 4.90 Å². The van der Waals surface area contributed by atoms with Gasteiger partial charge in [-0.05, 0) is 12.5 Å². The van der Waals surface area contributed by atoms with E-state index in [2.05, 4.69) is 4.90 Å². The van der Waals surface area contributed by atoms with E-state index >= 15 is 0 Å². The summed E-state index contributed by atoms with van der Waals surface area (Å²) in [5.74, 6) is 0.153. The monoisotopic (exact) mass is 227 g/mol. The van der Waals surface area contributed by atoms with Crippen molar-refractivity contribution in [1.29, 1.82) is 0 Å². The number of phenolic OH excluding ortho intramolecular Hbond substituents is 1. The number of phenols is 1. The molecule has 1 aliphatic heterocycles. The van der Waals surface area contributed by atoms with E-state index in [1.54, 1.807) is 6.07 Å². The maximum absolute atomic E-state index is 9.70. The number of aliphatic hydroxyl groups is 1. The third-order valence-corrected chi connectivity index (χ3v) is 3.02. The molecule has 1 atom stereocenters. The molecule has 1 aliphatic rings. The van der Waals surface area contributed by atoms with Crippen LogP contribution in [0.2, 0.25) is 5.02 Å². The van der Waals surface area contributed by atoms with Crippen molar-refractivity contribution in [3.05, 3.63) is 28.8 Å². The number of rotatable bonds is 2. The van der Waals surface area contributed by atoms with Crippen molar-refractivity contribution >= 4 is 11.6 Å². The highest BCUT2D eigenvalue weighted by atomic mass is 35.5. The molecule has 15 heavy (non-hydrogen) atoms. The zero-order valence-corrected chi connectivity index (χ0v) is 9.11. The highest BCUT2D eigenvalue weighted by molar-refractivity contribution is 6.32. The van der Waals surface area contributed by atoms with Gasteiger partial charge in [0, 0.05) is 25.2 Å². The Hall–Kier alpha value is -0.770. The van der Waals surface area contributed by atoms with E-state index in [0.717, 1.165) is 18.5 Å². The molecule has 0 amide bonds. The van der Waals surface area contributed by atoms with Gasteiger partial charge < -0.3 is 10.2 Å². The molecular weight excluding hydrogens is 214 g/mol. The van der Waals surface area contributed by atoms with Gasteiger partial charge in [-0.2, -0.15) is 0 Å².